The van der Waals surface area contributed by atoms with Crippen LogP contribution in [0.2, 0.25) is 0 Å². The first kappa shape index (κ1) is 15.7. The Morgan fingerprint density at radius 2 is 1.64 bits per heavy atom. The molecule has 0 bridgehead atoms. The summed E-state index contributed by atoms with van der Waals surface area (Å²) in [5.41, 5.74) is 0.822. The lowest BCUT2D eigenvalue weighted by molar-refractivity contribution is 0.354. The van der Waals surface area contributed by atoms with E-state index in [1.165, 1.54) is 56.7 Å². The van der Waals surface area contributed by atoms with Crippen LogP contribution >= 0.6 is 0 Å². The van der Waals surface area contributed by atoms with Gasteiger partial charge in [-0.05, 0) is 36.4 Å². The number of sulfonamides is 1. The molecule has 22 heavy (non-hydrogen) atoms. The van der Waals surface area contributed by atoms with Gasteiger partial charge in [-0.25, -0.2) is 8.42 Å². The highest BCUT2D eigenvalue weighted by molar-refractivity contribution is 7.92. The van der Waals surface area contributed by atoms with Crippen LogP contribution in [0.5, 0.6) is 11.5 Å². The number of benzene rings is 2. The molecular weight excluding hydrogens is 304 g/mol. The Labute approximate surface area is 129 Å². The molecule has 2 aromatic carbocycles. The molecule has 7 heteroatoms. The largest absolute Gasteiger partial charge is 0.493 e. The molecule has 2 rings (SSSR count). The first-order valence-electron chi connectivity index (χ1n) is 6.25. The summed E-state index contributed by atoms with van der Waals surface area (Å²) in [6, 6.07) is 12.4. The van der Waals surface area contributed by atoms with Crippen LogP contribution in [0.4, 0.5) is 5.69 Å². The highest BCUT2D eigenvalue weighted by atomic mass is 32.2. The van der Waals surface area contributed by atoms with E-state index in [9.17, 15) is 8.42 Å². The van der Waals surface area contributed by atoms with Gasteiger partial charge >= 0.3 is 0 Å². The standard InChI is InChI=1S/C15H14N2O4S/c1-20-14-8-7-13(9-15(14)21-2)22(18,19)17-12-5-3-11(10-16)4-6-12/h3-9,17H,1-2H3. The second-order valence-corrected chi connectivity index (χ2v) is 5.99. The SMILES string of the molecule is COc1ccc(S(=O)(=O)Nc2ccc(C#N)cc2)cc1OC. The molecule has 0 saturated carbocycles. The average Bonchev–Trinajstić information content (AvgIpc) is 2.54. The lowest BCUT2D eigenvalue weighted by Gasteiger charge is -2.11. The summed E-state index contributed by atoms with van der Waals surface area (Å²) >= 11 is 0. The van der Waals surface area contributed by atoms with E-state index in [0.29, 0.717) is 22.7 Å². The zero-order valence-electron chi connectivity index (χ0n) is 12.0. The zero-order chi connectivity index (χ0) is 16.2. The van der Waals surface area contributed by atoms with E-state index in [1.54, 1.807) is 0 Å². The van der Waals surface area contributed by atoms with Crippen LogP contribution < -0.4 is 14.2 Å². The van der Waals surface area contributed by atoms with Crippen molar-refractivity contribution in [3.63, 3.8) is 0 Å². The number of nitriles is 1. The molecule has 6 nitrogen and oxygen atoms in total. The fourth-order valence-corrected chi connectivity index (χ4v) is 2.88. The molecule has 0 aliphatic heterocycles. The van der Waals surface area contributed by atoms with Gasteiger partial charge in [0.15, 0.2) is 11.5 Å². The Morgan fingerprint density at radius 3 is 2.18 bits per heavy atom. The molecule has 0 fully saturated rings. The van der Waals surface area contributed by atoms with E-state index >= 15 is 0 Å². The van der Waals surface area contributed by atoms with Gasteiger partial charge in [-0.1, -0.05) is 0 Å². The van der Waals surface area contributed by atoms with E-state index in [0.717, 1.165) is 0 Å². The van der Waals surface area contributed by atoms with Gasteiger partial charge in [0.1, 0.15) is 0 Å². The number of nitrogens with zero attached hydrogens (tertiary/aromatic N) is 1. The van der Waals surface area contributed by atoms with Crippen molar-refractivity contribution in [3.05, 3.63) is 48.0 Å². The number of methoxy groups -OCH3 is 2. The molecule has 2 aromatic rings. The highest BCUT2D eigenvalue weighted by Gasteiger charge is 2.17. The Balaban J connectivity index is 2.31. The Kier molecular flexibility index (Phi) is 4.53. The molecule has 0 unspecified atom stereocenters. The summed E-state index contributed by atoms with van der Waals surface area (Å²) in [4.78, 5) is 0.0505. The van der Waals surface area contributed by atoms with Gasteiger partial charge in [0.2, 0.25) is 0 Å². The van der Waals surface area contributed by atoms with Crippen molar-refractivity contribution in [2.24, 2.45) is 0 Å². The van der Waals surface area contributed by atoms with Crippen LogP contribution in [0, 0.1) is 11.3 Å². The van der Waals surface area contributed by atoms with Crippen molar-refractivity contribution >= 4 is 15.7 Å². The molecule has 0 spiro atoms. The molecule has 0 heterocycles. The molecule has 1 N–H and O–H groups in total. The second kappa shape index (κ2) is 6.37. The Morgan fingerprint density at radius 1 is 1.00 bits per heavy atom. The summed E-state index contributed by atoms with van der Waals surface area (Å²) in [6.45, 7) is 0. The molecule has 114 valence electrons. The highest BCUT2D eigenvalue weighted by Crippen LogP contribution is 2.30. The quantitative estimate of drug-likeness (QED) is 0.914. The monoisotopic (exact) mass is 318 g/mol. The third-order valence-corrected chi connectivity index (χ3v) is 4.31. The summed E-state index contributed by atoms with van der Waals surface area (Å²) in [7, 11) is -0.853. The predicted molar refractivity (Wildman–Crippen MR) is 81.5 cm³/mol. The van der Waals surface area contributed by atoms with Gasteiger partial charge in [0.25, 0.3) is 10.0 Å². The normalized spacial score (nSPS) is 10.6. The average molecular weight is 318 g/mol. The Bertz CT molecular complexity index is 808. The van der Waals surface area contributed by atoms with Gasteiger partial charge in [0, 0.05) is 11.8 Å². The molecule has 0 amide bonds. The van der Waals surface area contributed by atoms with Crippen LogP contribution in [0.3, 0.4) is 0 Å². The minimum atomic E-state index is -3.76. The molecule has 0 radical (unpaired) electrons. The van der Waals surface area contributed by atoms with E-state index in [-0.39, 0.29) is 4.90 Å². The van der Waals surface area contributed by atoms with Crippen molar-refractivity contribution in [2.75, 3.05) is 18.9 Å². The van der Waals surface area contributed by atoms with Gasteiger partial charge in [-0.2, -0.15) is 5.26 Å². The van der Waals surface area contributed by atoms with E-state index in [2.05, 4.69) is 4.72 Å². The topological polar surface area (TPSA) is 88.4 Å². The summed E-state index contributed by atoms with van der Waals surface area (Å²) in [6.07, 6.45) is 0. The van der Waals surface area contributed by atoms with Crippen molar-refractivity contribution < 1.29 is 17.9 Å². The van der Waals surface area contributed by atoms with Gasteiger partial charge in [-0.15, -0.1) is 0 Å². The first-order chi connectivity index (χ1) is 10.5. The zero-order valence-corrected chi connectivity index (χ0v) is 12.8. The number of ether oxygens (including phenoxy) is 2. The lowest BCUT2D eigenvalue weighted by atomic mass is 10.2. The van der Waals surface area contributed by atoms with Crippen LogP contribution in [-0.2, 0) is 10.0 Å². The van der Waals surface area contributed by atoms with Crippen molar-refractivity contribution in [1.82, 2.24) is 0 Å². The van der Waals surface area contributed by atoms with Crippen molar-refractivity contribution in [1.29, 1.82) is 5.26 Å². The van der Waals surface area contributed by atoms with E-state index in [4.69, 9.17) is 14.7 Å². The number of hydrogen-bond donors (Lipinski definition) is 1. The van der Waals surface area contributed by atoms with Crippen LogP contribution in [-0.4, -0.2) is 22.6 Å². The van der Waals surface area contributed by atoms with E-state index < -0.39 is 10.0 Å². The number of anilines is 1. The minimum absolute atomic E-state index is 0.0505. The van der Waals surface area contributed by atoms with Crippen LogP contribution in [0.25, 0.3) is 0 Å². The molecule has 0 saturated heterocycles. The molecule has 0 aliphatic carbocycles. The van der Waals surface area contributed by atoms with E-state index in [1.807, 2.05) is 6.07 Å². The van der Waals surface area contributed by atoms with Gasteiger partial charge in [0.05, 0.1) is 30.7 Å². The van der Waals surface area contributed by atoms with Crippen LogP contribution in [0.15, 0.2) is 47.4 Å². The van der Waals surface area contributed by atoms with Crippen molar-refractivity contribution in [3.8, 4) is 17.6 Å². The molecule has 0 aromatic heterocycles. The second-order valence-electron chi connectivity index (χ2n) is 4.31. The van der Waals surface area contributed by atoms with Gasteiger partial charge < -0.3 is 9.47 Å². The molecular formula is C15H14N2O4S. The number of rotatable bonds is 5. The lowest BCUT2D eigenvalue weighted by Crippen LogP contribution is -2.13. The summed E-state index contributed by atoms with van der Waals surface area (Å²) in [5.74, 6) is 0.769. The fourth-order valence-electron chi connectivity index (χ4n) is 1.81. The number of nitrogens with one attached hydrogen (secondary N) is 1. The third-order valence-electron chi connectivity index (χ3n) is 2.93. The maximum Gasteiger partial charge on any atom is 0.262 e. The van der Waals surface area contributed by atoms with Crippen LogP contribution in [0.1, 0.15) is 5.56 Å². The summed E-state index contributed by atoms with van der Waals surface area (Å²) in [5, 5.41) is 8.73. The molecule has 0 atom stereocenters. The predicted octanol–water partition coefficient (Wildman–Crippen LogP) is 2.38. The fraction of sp³-hybridized carbons (Fsp3) is 0.133. The minimum Gasteiger partial charge on any atom is -0.493 e. The first-order valence-corrected chi connectivity index (χ1v) is 7.73. The maximum atomic E-state index is 12.4. The maximum absolute atomic E-state index is 12.4. The smallest absolute Gasteiger partial charge is 0.262 e. The van der Waals surface area contributed by atoms with Gasteiger partial charge in [-0.3, -0.25) is 4.72 Å². The van der Waals surface area contributed by atoms with Crippen molar-refractivity contribution in [2.45, 2.75) is 4.90 Å². The third kappa shape index (κ3) is 3.30. The summed E-state index contributed by atoms with van der Waals surface area (Å²) < 4.78 is 37.3. The molecule has 0 aliphatic rings. The number of hydrogen-bond acceptors (Lipinski definition) is 5. The Hall–Kier alpha value is -2.72.